The van der Waals surface area contributed by atoms with Crippen molar-refractivity contribution in [2.75, 3.05) is 0 Å². The zero-order valence-corrected chi connectivity index (χ0v) is 9.55. The third kappa shape index (κ3) is 3.30. The van der Waals surface area contributed by atoms with Crippen LogP contribution in [-0.2, 0) is 6.42 Å². The number of rotatable bonds is 5. The molecule has 0 radical (unpaired) electrons. The fourth-order valence-corrected chi connectivity index (χ4v) is 1.68. The SMILES string of the molecule is NC(Cc1ccoc1)c1ccc(OC(F)F)cc1. The van der Waals surface area contributed by atoms with Crippen LogP contribution in [0.1, 0.15) is 17.2 Å². The van der Waals surface area contributed by atoms with E-state index >= 15 is 0 Å². The molecule has 0 fully saturated rings. The molecular weight excluding hydrogens is 240 g/mol. The van der Waals surface area contributed by atoms with Crippen LogP contribution in [0.25, 0.3) is 0 Å². The number of nitrogens with two attached hydrogens (primary N) is 1. The number of benzene rings is 1. The van der Waals surface area contributed by atoms with E-state index in [1.807, 2.05) is 6.07 Å². The normalized spacial score (nSPS) is 12.7. The maximum atomic E-state index is 12.0. The molecule has 2 rings (SSSR count). The Morgan fingerprint density at radius 2 is 1.89 bits per heavy atom. The van der Waals surface area contributed by atoms with Crippen LogP contribution in [-0.4, -0.2) is 6.61 Å². The summed E-state index contributed by atoms with van der Waals surface area (Å²) in [5.41, 5.74) is 7.86. The first-order valence-corrected chi connectivity index (χ1v) is 5.46. The van der Waals surface area contributed by atoms with E-state index in [9.17, 15) is 8.78 Å². The van der Waals surface area contributed by atoms with Crippen molar-refractivity contribution in [3.63, 3.8) is 0 Å². The molecule has 0 aliphatic rings. The Hall–Kier alpha value is -1.88. The number of furan rings is 1. The quantitative estimate of drug-likeness (QED) is 0.890. The zero-order valence-electron chi connectivity index (χ0n) is 9.55. The van der Waals surface area contributed by atoms with Crippen molar-refractivity contribution in [3.8, 4) is 5.75 Å². The van der Waals surface area contributed by atoms with Crippen molar-refractivity contribution in [1.82, 2.24) is 0 Å². The Balaban J connectivity index is 2.00. The molecule has 0 spiro atoms. The van der Waals surface area contributed by atoms with E-state index in [1.54, 1.807) is 24.7 Å². The lowest BCUT2D eigenvalue weighted by molar-refractivity contribution is -0.0498. The van der Waals surface area contributed by atoms with Gasteiger partial charge in [-0.05, 0) is 35.7 Å². The fourth-order valence-electron chi connectivity index (χ4n) is 1.68. The lowest BCUT2D eigenvalue weighted by Gasteiger charge is -2.11. The highest BCUT2D eigenvalue weighted by Gasteiger charge is 2.09. The Morgan fingerprint density at radius 3 is 2.44 bits per heavy atom. The van der Waals surface area contributed by atoms with E-state index in [0.29, 0.717) is 6.42 Å². The van der Waals surface area contributed by atoms with Gasteiger partial charge >= 0.3 is 6.61 Å². The topological polar surface area (TPSA) is 48.4 Å². The second-order valence-corrected chi connectivity index (χ2v) is 3.89. The van der Waals surface area contributed by atoms with Gasteiger partial charge in [0.25, 0.3) is 0 Å². The monoisotopic (exact) mass is 253 g/mol. The summed E-state index contributed by atoms with van der Waals surface area (Å²) in [7, 11) is 0. The van der Waals surface area contributed by atoms with Gasteiger partial charge in [-0.15, -0.1) is 0 Å². The average Bonchev–Trinajstić information content (AvgIpc) is 2.82. The lowest BCUT2D eigenvalue weighted by Crippen LogP contribution is -2.13. The minimum Gasteiger partial charge on any atom is -0.472 e. The summed E-state index contributed by atoms with van der Waals surface area (Å²) in [5.74, 6) is 0.129. The van der Waals surface area contributed by atoms with Crippen molar-refractivity contribution >= 4 is 0 Å². The van der Waals surface area contributed by atoms with Crippen LogP contribution in [0, 0.1) is 0 Å². The first-order chi connectivity index (χ1) is 8.65. The summed E-state index contributed by atoms with van der Waals surface area (Å²) < 4.78 is 33.2. The molecule has 0 aliphatic heterocycles. The van der Waals surface area contributed by atoms with Crippen LogP contribution >= 0.6 is 0 Å². The predicted molar refractivity (Wildman–Crippen MR) is 62.4 cm³/mol. The van der Waals surface area contributed by atoms with E-state index < -0.39 is 6.61 Å². The molecule has 1 atom stereocenters. The summed E-state index contributed by atoms with van der Waals surface area (Å²) in [5, 5.41) is 0. The summed E-state index contributed by atoms with van der Waals surface area (Å²) in [6.07, 6.45) is 3.85. The van der Waals surface area contributed by atoms with Gasteiger partial charge < -0.3 is 14.9 Å². The molecule has 5 heteroatoms. The molecule has 1 heterocycles. The number of hydrogen-bond donors (Lipinski definition) is 1. The number of ether oxygens (including phenoxy) is 1. The van der Waals surface area contributed by atoms with Crippen LogP contribution in [0.3, 0.4) is 0 Å². The number of alkyl halides is 2. The molecule has 3 nitrogen and oxygen atoms in total. The third-order valence-corrected chi connectivity index (χ3v) is 2.57. The molecule has 0 saturated carbocycles. The van der Waals surface area contributed by atoms with Crippen LogP contribution < -0.4 is 10.5 Å². The third-order valence-electron chi connectivity index (χ3n) is 2.57. The van der Waals surface area contributed by atoms with Gasteiger partial charge in [0.2, 0.25) is 0 Å². The lowest BCUT2D eigenvalue weighted by atomic mass is 10.0. The Morgan fingerprint density at radius 1 is 1.17 bits per heavy atom. The van der Waals surface area contributed by atoms with E-state index in [1.165, 1.54) is 12.1 Å². The number of hydrogen-bond acceptors (Lipinski definition) is 3. The summed E-state index contributed by atoms with van der Waals surface area (Å²) in [6.45, 7) is -2.81. The van der Waals surface area contributed by atoms with Gasteiger partial charge in [-0.1, -0.05) is 12.1 Å². The number of halogens is 2. The Labute approximate surface area is 103 Å². The van der Waals surface area contributed by atoms with Gasteiger partial charge in [-0.2, -0.15) is 8.78 Å². The van der Waals surface area contributed by atoms with Crippen LogP contribution in [0.4, 0.5) is 8.78 Å². The van der Waals surface area contributed by atoms with E-state index in [0.717, 1.165) is 11.1 Å². The zero-order chi connectivity index (χ0) is 13.0. The van der Waals surface area contributed by atoms with Crippen molar-refractivity contribution in [2.45, 2.75) is 19.1 Å². The summed E-state index contributed by atoms with van der Waals surface area (Å²) in [4.78, 5) is 0. The molecule has 18 heavy (non-hydrogen) atoms. The molecule has 1 unspecified atom stereocenters. The Bertz CT molecular complexity index is 468. The largest absolute Gasteiger partial charge is 0.472 e. The average molecular weight is 253 g/mol. The first-order valence-electron chi connectivity index (χ1n) is 5.46. The minimum atomic E-state index is -2.81. The van der Waals surface area contributed by atoms with Crippen LogP contribution in [0.2, 0.25) is 0 Å². The molecule has 2 N–H and O–H groups in total. The Kier molecular flexibility index (Phi) is 3.94. The molecule has 0 aliphatic carbocycles. The molecule has 0 saturated heterocycles. The predicted octanol–water partition coefficient (Wildman–Crippen LogP) is 3.12. The van der Waals surface area contributed by atoms with Crippen LogP contribution in [0.5, 0.6) is 5.75 Å². The van der Waals surface area contributed by atoms with Crippen molar-refractivity contribution < 1.29 is 17.9 Å². The molecule has 1 aromatic carbocycles. The molecule has 2 aromatic rings. The van der Waals surface area contributed by atoms with Gasteiger partial charge in [0, 0.05) is 6.04 Å². The summed E-state index contributed by atoms with van der Waals surface area (Å²) >= 11 is 0. The van der Waals surface area contributed by atoms with Gasteiger partial charge in [-0.3, -0.25) is 0 Å². The molecule has 1 aromatic heterocycles. The van der Waals surface area contributed by atoms with E-state index in [2.05, 4.69) is 4.74 Å². The van der Waals surface area contributed by atoms with Crippen molar-refractivity contribution in [2.24, 2.45) is 5.73 Å². The van der Waals surface area contributed by atoms with E-state index in [-0.39, 0.29) is 11.8 Å². The van der Waals surface area contributed by atoms with E-state index in [4.69, 9.17) is 10.2 Å². The van der Waals surface area contributed by atoms with Gasteiger partial charge in [0.1, 0.15) is 5.75 Å². The van der Waals surface area contributed by atoms with Crippen molar-refractivity contribution in [1.29, 1.82) is 0 Å². The maximum Gasteiger partial charge on any atom is 0.387 e. The molecule has 96 valence electrons. The smallest absolute Gasteiger partial charge is 0.387 e. The minimum absolute atomic E-state index is 0.129. The second kappa shape index (κ2) is 5.64. The summed E-state index contributed by atoms with van der Waals surface area (Å²) in [6, 6.07) is 7.97. The van der Waals surface area contributed by atoms with Gasteiger partial charge in [0.05, 0.1) is 12.5 Å². The van der Waals surface area contributed by atoms with Crippen molar-refractivity contribution in [3.05, 3.63) is 54.0 Å². The second-order valence-electron chi connectivity index (χ2n) is 3.89. The van der Waals surface area contributed by atoms with Gasteiger partial charge in [0.15, 0.2) is 0 Å². The molecule has 0 bridgehead atoms. The standard InChI is InChI=1S/C13H13F2NO2/c14-13(15)18-11-3-1-10(2-4-11)12(16)7-9-5-6-17-8-9/h1-6,8,12-13H,7,16H2. The molecule has 0 amide bonds. The maximum absolute atomic E-state index is 12.0. The molecular formula is C13H13F2NO2. The highest BCUT2D eigenvalue weighted by Crippen LogP contribution is 2.20. The fraction of sp³-hybridized carbons (Fsp3) is 0.231. The first kappa shape index (κ1) is 12.6. The highest BCUT2D eigenvalue weighted by molar-refractivity contribution is 5.30. The van der Waals surface area contributed by atoms with Gasteiger partial charge in [-0.25, -0.2) is 0 Å². The van der Waals surface area contributed by atoms with Crippen LogP contribution in [0.15, 0.2) is 47.3 Å². The highest BCUT2D eigenvalue weighted by atomic mass is 19.3.